The quantitative estimate of drug-likeness (QED) is 0.563. The van der Waals surface area contributed by atoms with Gasteiger partial charge in [-0.1, -0.05) is 31.2 Å². The molecule has 0 unspecified atom stereocenters. The van der Waals surface area contributed by atoms with E-state index in [-0.39, 0.29) is 0 Å². The molecule has 0 spiro atoms. The molecule has 0 radical (unpaired) electrons. The highest BCUT2D eigenvalue weighted by atomic mass is 32.2. The summed E-state index contributed by atoms with van der Waals surface area (Å²) in [5, 5.41) is 3.10. The van der Waals surface area contributed by atoms with E-state index in [0.29, 0.717) is 18.0 Å². The molecule has 1 aromatic carbocycles. The average molecular weight is 310 g/mol. The van der Waals surface area contributed by atoms with Gasteiger partial charge in [0.15, 0.2) is 0 Å². The van der Waals surface area contributed by atoms with Crippen molar-refractivity contribution in [1.29, 1.82) is 0 Å². The van der Waals surface area contributed by atoms with Gasteiger partial charge in [0, 0.05) is 13.1 Å². The fourth-order valence-electron chi connectivity index (χ4n) is 2.11. The van der Waals surface area contributed by atoms with Gasteiger partial charge in [0.05, 0.1) is 4.90 Å². The van der Waals surface area contributed by atoms with E-state index >= 15 is 0 Å². The van der Waals surface area contributed by atoms with Crippen LogP contribution in [0, 0.1) is 0 Å². The topological polar surface area (TPSA) is 49.4 Å². The first-order chi connectivity index (χ1) is 9.91. The van der Waals surface area contributed by atoms with Crippen LogP contribution in [0.4, 0.5) is 0 Å². The van der Waals surface area contributed by atoms with Crippen molar-refractivity contribution < 1.29 is 8.42 Å². The molecule has 0 aromatic heterocycles. The number of likely N-dealkylation sites (N-methyl/N-ethyl adjacent to an activating group) is 1. The summed E-state index contributed by atoms with van der Waals surface area (Å²) in [6.07, 6.45) is 1.99. The molecule has 0 amide bonds. The maximum Gasteiger partial charge on any atom is 0.243 e. The number of sulfonamides is 1. The molecule has 1 N–H and O–H groups in total. The second-order valence-corrected chi connectivity index (χ2v) is 7.18. The summed E-state index contributed by atoms with van der Waals surface area (Å²) in [6.45, 7) is 9.24. The second-order valence-electron chi connectivity index (χ2n) is 5.24. The van der Waals surface area contributed by atoms with Crippen LogP contribution < -0.4 is 5.32 Å². The highest BCUT2D eigenvalue weighted by Crippen LogP contribution is 2.17. The van der Waals surface area contributed by atoms with Gasteiger partial charge in [-0.25, -0.2) is 8.42 Å². The summed E-state index contributed by atoms with van der Waals surface area (Å²) in [5.74, 6) is 0. The van der Waals surface area contributed by atoms with Crippen molar-refractivity contribution in [2.24, 2.45) is 0 Å². The van der Waals surface area contributed by atoms with Crippen LogP contribution in [0.3, 0.4) is 0 Å². The number of hydrogen-bond acceptors (Lipinski definition) is 3. The zero-order chi connectivity index (χ0) is 15.9. The largest absolute Gasteiger partial charge is 0.320 e. The standard InChI is InChI=1S/C16H26N2O2S/c1-5-18(13-14(2)3)21(19,20)16-10-8-15(9-11-16)7-6-12-17-4/h8-11,17H,2,5-7,12-13H2,1,3-4H3. The molecule has 118 valence electrons. The first kappa shape index (κ1) is 17.9. The molecule has 0 aliphatic carbocycles. The maximum atomic E-state index is 12.5. The van der Waals surface area contributed by atoms with E-state index in [9.17, 15) is 8.42 Å². The average Bonchev–Trinajstić information content (AvgIpc) is 2.45. The Bertz CT molecular complexity index is 550. The summed E-state index contributed by atoms with van der Waals surface area (Å²) < 4.78 is 26.5. The molecule has 1 aromatic rings. The van der Waals surface area contributed by atoms with Gasteiger partial charge in [-0.15, -0.1) is 0 Å². The van der Waals surface area contributed by atoms with Crippen LogP contribution in [0.25, 0.3) is 0 Å². The Morgan fingerprint density at radius 2 is 1.90 bits per heavy atom. The minimum Gasteiger partial charge on any atom is -0.320 e. The van der Waals surface area contributed by atoms with E-state index < -0.39 is 10.0 Å². The van der Waals surface area contributed by atoms with Gasteiger partial charge >= 0.3 is 0 Å². The summed E-state index contributed by atoms with van der Waals surface area (Å²) in [7, 11) is -1.50. The van der Waals surface area contributed by atoms with Crippen LogP contribution >= 0.6 is 0 Å². The van der Waals surface area contributed by atoms with Crippen LogP contribution in [-0.2, 0) is 16.4 Å². The Morgan fingerprint density at radius 3 is 2.38 bits per heavy atom. The molecule has 0 fully saturated rings. The van der Waals surface area contributed by atoms with Crippen molar-refractivity contribution in [3.63, 3.8) is 0 Å². The van der Waals surface area contributed by atoms with Gasteiger partial charge in [-0.05, 0) is 51.1 Å². The van der Waals surface area contributed by atoms with Gasteiger partial charge in [-0.3, -0.25) is 0 Å². The molecule has 0 aliphatic rings. The van der Waals surface area contributed by atoms with Gasteiger partial charge in [0.2, 0.25) is 10.0 Å². The minimum absolute atomic E-state index is 0.350. The Kier molecular flexibility index (Phi) is 7.08. The summed E-state index contributed by atoms with van der Waals surface area (Å²) in [5.41, 5.74) is 2.00. The molecule has 0 bridgehead atoms. The van der Waals surface area contributed by atoms with Crippen LogP contribution in [0.1, 0.15) is 25.8 Å². The zero-order valence-corrected chi connectivity index (χ0v) is 14.0. The summed E-state index contributed by atoms with van der Waals surface area (Å²) >= 11 is 0. The molecular weight excluding hydrogens is 284 g/mol. The third-order valence-electron chi connectivity index (χ3n) is 3.25. The van der Waals surface area contributed by atoms with E-state index in [0.717, 1.165) is 30.5 Å². The molecule has 1 rings (SSSR count). The highest BCUT2D eigenvalue weighted by Gasteiger charge is 2.22. The van der Waals surface area contributed by atoms with Gasteiger partial charge in [-0.2, -0.15) is 4.31 Å². The third kappa shape index (κ3) is 5.26. The van der Waals surface area contributed by atoms with Crippen LogP contribution in [0.15, 0.2) is 41.3 Å². The minimum atomic E-state index is -3.43. The van der Waals surface area contributed by atoms with E-state index in [1.165, 1.54) is 4.31 Å². The van der Waals surface area contributed by atoms with Crippen molar-refractivity contribution >= 4 is 10.0 Å². The fraction of sp³-hybridized carbons (Fsp3) is 0.500. The Balaban J connectivity index is 2.85. The SMILES string of the molecule is C=C(C)CN(CC)S(=O)(=O)c1ccc(CCCNC)cc1. The predicted molar refractivity (Wildman–Crippen MR) is 87.9 cm³/mol. The highest BCUT2D eigenvalue weighted by molar-refractivity contribution is 7.89. The smallest absolute Gasteiger partial charge is 0.243 e. The summed E-state index contributed by atoms with van der Waals surface area (Å²) in [6, 6.07) is 7.20. The van der Waals surface area contributed by atoms with E-state index in [1.54, 1.807) is 12.1 Å². The number of aryl methyl sites for hydroxylation is 1. The first-order valence-electron chi connectivity index (χ1n) is 7.30. The molecular formula is C16H26N2O2S. The van der Waals surface area contributed by atoms with E-state index in [2.05, 4.69) is 11.9 Å². The van der Waals surface area contributed by atoms with Crippen LogP contribution in [0.5, 0.6) is 0 Å². The lowest BCUT2D eigenvalue weighted by Gasteiger charge is -2.20. The maximum absolute atomic E-state index is 12.5. The zero-order valence-electron chi connectivity index (χ0n) is 13.2. The molecule has 0 aliphatic heterocycles. The molecule has 21 heavy (non-hydrogen) atoms. The Labute approximate surface area is 128 Å². The van der Waals surface area contributed by atoms with Crippen molar-refractivity contribution in [3.05, 3.63) is 42.0 Å². The summed E-state index contributed by atoms with van der Waals surface area (Å²) in [4.78, 5) is 0.350. The first-order valence-corrected chi connectivity index (χ1v) is 8.74. The molecule has 0 heterocycles. The number of nitrogens with one attached hydrogen (secondary N) is 1. The normalized spacial score (nSPS) is 11.8. The van der Waals surface area contributed by atoms with Crippen LogP contribution in [-0.4, -0.2) is 39.4 Å². The van der Waals surface area contributed by atoms with Gasteiger partial charge in [0.25, 0.3) is 0 Å². The third-order valence-corrected chi connectivity index (χ3v) is 5.19. The van der Waals surface area contributed by atoms with Crippen molar-refractivity contribution in [2.75, 3.05) is 26.7 Å². The van der Waals surface area contributed by atoms with Gasteiger partial charge < -0.3 is 5.32 Å². The molecule has 0 saturated carbocycles. The number of rotatable bonds is 9. The number of nitrogens with zero attached hydrogens (tertiary/aromatic N) is 1. The lowest BCUT2D eigenvalue weighted by atomic mass is 10.1. The van der Waals surface area contributed by atoms with Gasteiger partial charge in [0.1, 0.15) is 0 Å². The second kappa shape index (κ2) is 8.32. The lowest BCUT2D eigenvalue weighted by Crippen LogP contribution is -2.32. The number of benzene rings is 1. The van der Waals surface area contributed by atoms with Crippen molar-refractivity contribution in [3.8, 4) is 0 Å². The lowest BCUT2D eigenvalue weighted by molar-refractivity contribution is 0.453. The Morgan fingerprint density at radius 1 is 1.29 bits per heavy atom. The molecule has 0 saturated heterocycles. The van der Waals surface area contributed by atoms with Crippen molar-refractivity contribution in [2.45, 2.75) is 31.6 Å². The number of hydrogen-bond donors (Lipinski definition) is 1. The fourth-order valence-corrected chi connectivity index (χ4v) is 3.62. The van der Waals surface area contributed by atoms with E-state index in [1.807, 2.05) is 33.0 Å². The molecule has 0 atom stereocenters. The monoisotopic (exact) mass is 310 g/mol. The van der Waals surface area contributed by atoms with E-state index in [4.69, 9.17) is 0 Å². The molecule has 5 heteroatoms. The Hall–Kier alpha value is -1.17. The predicted octanol–water partition coefficient (Wildman–Crippen LogP) is 2.43. The van der Waals surface area contributed by atoms with Crippen LogP contribution in [0.2, 0.25) is 0 Å². The molecule has 4 nitrogen and oxygen atoms in total. The van der Waals surface area contributed by atoms with Crippen molar-refractivity contribution in [1.82, 2.24) is 9.62 Å².